The second kappa shape index (κ2) is 15.1. The molecule has 4 aromatic carbocycles. The minimum atomic E-state index is -4.45. The monoisotopic (exact) mass is 696 g/mol. The number of alkyl halides is 3. The van der Waals surface area contributed by atoms with Crippen LogP contribution in [0.25, 0.3) is 22.3 Å². The van der Waals surface area contributed by atoms with Gasteiger partial charge in [0.1, 0.15) is 6.04 Å². The Kier molecular flexibility index (Phi) is 10.5. The molecule has 2 heterocycles. The number of likely N-dealkylation sites (tertiary alicyclic amines) is 1. The number of nitrogens with zero attached hydrogens (tertiary/aromatic N) is 2. The largest absolute Gasteiger partial charge is 0.480 e. The predicted octanol–water partition coefficient (Wildman–Crippen LogP) is 8.47. The molecule has 0 bridgehead atoms. The zero-order valence-electron chi connectivity index (χ0n) is 27.1. The number of carboxylic acid groups (broad SMARTS) is 1. The van der Waals surface area contributed by atoms with E-state index in [2.05, 4.69) is 0 Å². The molecule has 0 saturated carbocycles. The molecule has 1 fully saturated rings. The summed E-state index contributed by atoms with van der Waals surface area (Å²) in [6, 6.07) is 30.8. The fourth-order valence-electron chi connectivity index (χ4n) is 6.44. The summed E-state index contributed by atoms with van der Waals surface area (Å²) in [5.74, 6) is -1.73. The van der Waals surface area contributed by atoms with Gasteiger partial charge in [0.25, 0.3) is 5.91 Å². The average Bonchev–Trinajstić information content (AvgIpc) is 3.82. The van der Waals surface area contributed by atoms with Crippen molar-refractivity contribution in [1.82, 2.24) is 9.80 Å². The molecular weight excluding hydrogens is 662 g/mol. The number of halogens is 3. The fraction of sp³-hybridized carbons (Fsp3) is 0.225. The molecule has 0 unspecified atom stereocenters. The maximum Gasteiger partial charge on any atom is 0.416 e. The van der Waals surface area contributed by atoms with Crippen LogP contribution < -0.4 is 0 Å². The number of rotatable bonds is 11. The van der Waals surface area contributed by atoms with E-state index < -0.39 is 29.7 Å². The minimum absolute atomic E-state index is 0.0364. The first-order valence-electron chi connectivity index (χ1n) is 16.3. The molecule has 2 atom stereocenters. The summed E-state index contributed by atoms with van der Waals surface area (Å²) in [5, 5.41) is 12.5. The quantitative estimate of drug-likeness (QED) is 0.150. The number of carboxylic acids is 1. The second-order valence-corrected chi connectivity index (χ2v) is 13.4. The van der Waals surface area contributed by atoms with Crippen molar-refractivity contribution in [2.45, 2.75) is 43.9 Å². The van der Waals surface area contributed by atoms with Crippen LogP contribution in [0.15, 0.2) is 121 Å². The summed E-state index contributed by atoms with van der Waals surface area (Å²) < 4.78 is 39.2. The molecule has 0 radical (unpaired) electrons. The number of aliphatic carboxylic acids is 1. The highest BCUT2D eigenvalue weighted by atomic mass is 32.1. The molecule has 6 rings (SSSR count). The summed E-state index contributed by atoms with van der Waals surface area (Å²) in [5.41, 5.74) is 3.38. The first-order chi connectivity index (χ1) is 24.1. The number of benzene rings is 4. The second-order valence-electron chi connectivity index (χ2n) is 12.4. The van der Waals surface area contributed by atoms with Crippen LogP contribution >= 0.6 is 11.3 Å². The highest BCUT2D eigenvalue weighted by Crippen LogP contribution is 2.31. The zero-order chi connectivity index (χ0) is 35.3. The van der Waals surface area contributed by atoms with E-state index in [0.29, 0.717) is 24.1 Å². The number of carbonyl (C=O) groups excluding carboxylic acids is 2. The van der Waals surface area contributed by atoms with Gasteiger partial charge in [0.15, 0.2) is 0 Å². The lowest BCUT2D eigenvalue weighted by molar-refractivity contribution is -0.142. The first-order valence-corrected chi connectivity index (χ1v) is 17.2. The van der Waals surface area contributed by atoms with Gasteiger partial charge in [-0.25, -0.2) is 4.79 Å². The van der Waals surface area contributed by atoms with Crippen LogP contribution in [-0.2, 0) is 28.6 Å². The van der Waals surface area contributed by atoms with Gasteiger partial charge >= 0.3 is 12.1 Å². The topological polar surface area (TPSA) is 77.9 Å². The van der Waals surface area contributed by atoms with Crippen LogP contribution in [0.3, 0.4) is 0 Å². The van der Waals surface area contributed by atoms with Crippen molar-refractivity contribution < 1.29 is 32.7 Å². The van der Waals surface area contributed by atoms with E-state index in [1.165, 1.54) is 28.4 Å². The molecule has 0 aliphatic carbocycles. The Labute approximate surface area is 292 Å². The Morgan fingerprint density at radius 1 is 0.800 bits per heavy atom. The Morgan fingerprint density at radius 3 is 1.98 bits per heavy atom. The molecule has 2 amide bonds. The van der Waals surface area contributed by atoms with Crippen molar-refractivity contribution in [1.29, 1.82) is 0 Å². The number of hydrogen-bond donors (Lipinski definition) is 1. The Balaban J connectivity index is 1.27. The maximum atomic E-state index is 14.3. The molecule has 10 heteroatoms. The lowest BCUT2D eigenvalue weighted by Crippen LogP contribution is -2.52. The SMILES string of the molecule is O=C(O)[C@H](Cc1ccc(-c2ccccc2)cc1)N(C[C@H]1CCCN1C(=O)Cc1cccs1)C(=O)c1ccc(-c2ccc(C(F)(F)F)cc2)cc1. The van der Waals surface area contributed by atoms with Gasteiger partial charge in [-0.2, -0.15) is 13.2 Å². The van der Waals surface area contributed by atoms with Gasteiger partial charge in [0, 0.05) is 36.0 Å². The third kappa shape index (κ3) is 8.14. The molecule has 1 aliphatic rings. The Hall–Kier alpha value is -5.22. The summed E-state index contributed by atoms with van der Waals surface area (Å²) in [4.78, 5) is 44.7. The van der Waals surface area contributed by atoms with Crippen molar-refractivity contribution in [2.75, 3.05) is 13.1 Å². The zero-order valence-corrected chi connectivity index (χ0v) is 27.9. The van der Waals surface area contributed by atoms with Crippen LogP contribution in [0.4, 0.5) is 13.2 Å². The van der Waals surface area contributed by atoms with Gasteiger partial charge in [0.05, 0.1) is 12.0 Å². The molecule has 1 saturated heterocycles. The van der Waals surface area contributed by atoms with Crippen molar-refractivity contribution in [3.63, 3.8) is 0 Å². The molecule has 5 aromatic rings. The third-order valence-corrected chi connectivity index (χ3v) is 9.98. The molecule has 256 valence electrons. The summed E-state index contributed by atoms with van der Waals surface area (Å²) >= 11 is 1.50. The smallest absolute Gasteiger partial charge is 0.416 e. The van der Waals surface area contributed by atoms with Gasteiger partial charge < -0.3 is 14.9 Å². The Morgan fingerprint density at radius 2 is 1.40 bits per heavy atom. The first kappa shape index (κ1) is 34.6. The van der Waals surface area contributed by atoms with Gasteiger partial charge in [-0.3, -0.25) is 9.59 Å². The van der Waals surface area contributed by atoms with Crippen molar-refractivity contribution >= 4 is 29.1 Å². The molecule has 50 heavy (non-hydrogen) atoms. The van der Waals surface area contributed by atoms with Crippen molar-refractivity contribution in [3.8, 4) is 22.3 Å². The van der Waals surface area contributed by atoms with E-state index in [4.69, 9.17) is 0 Å². The molecule has 1 aliphatic heterocycles. The molecule has 0 spiro atoms. The standard InChI is InChI=1S/C40H35F3N2O4S/c41-40(42,43)33-20-18-31(19-21-33)30-14-16-32(17-15-30)38(47)45(26-34-8-4-22-44(34)37(46)25-35-9-5-23-50-35)36(39(48)49)24-27-10-12-29(13-11-27)28-6-2-1-3-7-28/h1-3,5-7,9-21,23,34,36H,4,8,22,24-26H2,(H,48,49)/t34-,36+/m1/s1. The lowest BCUT2D eigenvalue weighted by atomic mass is 9.98. The summed E-state index contributed by atoms with van der Waals surface area (Å²) in [6.45, 7) is 0.562. The third-order valence-electron chi connectivity index (χ3n) is 9.10. The lowest BCUT2D eigenvalue weighted by Gasteiger charge is -2.34. The highest BCUT2D eigenvalue weighted by Gasteiger charge is 2.37. The van der Waals surface area contributed by atoms with E-state index in [-0.39, 0.29) is 36.9 Å². The maximum absolute atomic E-state index is 14.3. The normalized spacial score (nSPS) is 15.1. The molecule has 1 aromatic heterocycles. The average molecular weight is 697 g/mol. The number of amides is 2. The molecular formula is C40H35F3N2O4S. The molecule has 6 nitrogen and oxygen atoms in total. The van der Waals surface area contributed by atoms with Gasteiger partial charge in [-0.05, 0) is 76.4 Å². The summed E-state index contributed by atoms with van der Waals surface area (Å²) in [7, 11) is 0. The van der Waals surface area contributed by atoms with Crippen LogP contribution in [0.1, 0.15) is 39.2 Å². The van der Waals surface area contributed by atoms with E-state index in [0.717, 1.165) is 40.1 Å². The van der Waals surface area contributed by atoms with Crippen LogP contribution in [-0.4, -0.2) is 57.9 Å². The summed E-state index contributed by atoms with van der Waals surface area (Å²) in [6.07, 6.45) is -2.79. The van der Waals surface area contributed by atoms with Gasteiger partial charge in [0.2, 0.25) is 5.91 Å². The van der Waals surface area contributed by atoms with Crippen molar-refractivity contribution in [2.24, 2.45) is 0 Å². The van der Waals surface area contributed by atoms with Crippen LogP contribution in [0.2, 0.25) is 0 Å². The van der Waals surface area contributed by atoms with Crippen LogP contribution in [0, 0.1) is 0 Å². The Bertz CT molecular complexity index is 1910. The number of thiophene rings is 1. The van der Waals surface area contributed by atoms with Gasteiger partial charge in [-0.1, -0.05) is 84.9 Å². The number of carbonyl (C=O) groups is 3. The minimum Gasteiger partial charge on any atom is -0.480 e. The predicted molar refractivity (Wildman–Crippen MR) is 188 cm³/mol. The number of hydrogen-bond acceptors (Lipinski definition) is 4. The molecule has 1 N–H and O–H groups in total. The van der Waals surface area contributed by atoms with Crippen LogP contribution in [0.5, 0.6) is 0 Å². The van der Waals surface area contributed by atoms with E-state index >= 15 is 0 Å². The van der Waals surface area contributed by atoms with E-state index in [1.54, 1.807) is 29.2 Å². The van der Waals surface area contributed by atoms with Gasteiger partial charge in [-0.15, -0.1) is 11.3 Å². The highest BCUT2D eigenvalue weighted by molar-refractivity contribution is 7.10. The fourth-order valence-corrected chi connectivity index (χ4v) is 7.13. The van der Waals surface area contributed by atoms with Crippen molar-refractivity contribution in [3.05, 3.63) is 142 Å². The van der Waals surface area contributed by atoms with E-state index in [1.807, 2.05) is 72.1 Å². The van der Waals surface area contributed by atoms with E-state index in [9.17, 15) is 32.7 Å².